The molecule has 1 aliphatic rings. The molecule has 0 saturated carbocycles. The van der Waals surface area contributed by atoms with Gasteiger partial charge in [-0.2, -0.15) is 0 Å². The number of amides is 1. The predicted molar refractivity (Wildman–Crippen MR) is 92.4 cm³/mol. The Kier molecular flexibility index (Phi) is 5.63. The van der Waals surface area contributed by atoms with E-state index in [2.05, 4.69) is 20.6 Å². The molecule has 1 atom stereocenters. The molecule has 1 aromatic carbocycles. The third kappa shape index (κ3) is 4.23. The Morgan fingerprint density at radius 1 is 1.29 bits per heavy atom. The van der Waals surface area contributed by atoms with Crippen molar-refractivity contribution in [1.29, 1.82) is 0 Å². The molecule has 2 aromatic rings. The normalized spacial score (nSPS) is 16.3. The van der Waals surface area contributed by atoms with Gasteiger partial charge in [0.05, 0.1) is 6.04 Å². The molecule has 0 radical (unpaired) electrons. The lowest BCUT2D eigenvalue weighted by Gasteiger charge is -2.26. The standard InChI is InChI=1S/C17H19FN4OS/c18-13-5-1-4-12-14(7-11-24-16(12)13)22-15(23)6-2-8-19-17-20-9-3-10-21-17/h1,3-5,9-10,14H,2,6-8,11H2,(H,22,23)(H,19,20,21). The number of fused-ring (bicyclic) bond motifs is 1. The van der Waals surface area contributed by atoms with Crippen molar-refractivity contribution in [3.05, 3.63) is 48.0 Å². The molecule has 24 heavy (non-hydrogen) atoms. The molecule has 1 amide bonds. The highest BCUT2D eigenvalue weighted by Gasteiger charge is 2.24. The van der Waals surface area contributed by atoms with Crippen molar-refractivity contribution >= 4 is 23.6 Å². The highest BCUT2D eigenvalue weighted by molar-refractivity contribution is 7.99. The maximum atomic E-state index is 13.8. The lowest BCUT2D eigenvalue weighted by atomic mass is 10.0. The molecule has 2 heterocycles. The Bertz CT molecular complexity index is 698. The first kappa shape index (κ1) is 16.7. The van der Waals surface area contributed by atoms with Crippen molar-refractivity contribution in [3.63, 3.8) is 0 Å². The largest absolute Gasteiger partial charge is 0.354 e. The number of anilines is 1. The average Bonchev–Trinajstić information content (AvgIpc) is 2.61. The van der Waals surface area contributed by atoms with Crippen molar-refractivity contribution < 1.29 is 9.18 Å². The fourth-order valence-electron chi connectivity index (χ4n) is 2.64. The molecule has 2 N–H and O–H groups in total. The zero-order valence-electron chi connectivity index (χ0n) is 13.2. The predicted octanol–water partition coefficient (Wildman–Crippen LogP) is 3.16. The maximum absolute atomic E-state index is 13.8. The van der Waals surface area contributed by atoms with Crippen LogP contribution in [0.2, 0.25) is 0 Å². The lowest BCUT2D eigenvalue weighted by molar-refractivity contribution is -0.121. The molecule has 3 rings (SSSR count). The van der Waals surface area contributed by atoms with Crippen molar-refractivity contribution in [2.75, 3.05) is 17.6 Å². The molecule has 0 saturated heterocycles. The number of nitrogens with one attached hydrogen (secondary N) is 2. The minimum Gasteiger partial charge on any atom is -0.354 e. The van der Waals surface area contributed by atoms with E-state index in [0.717, 1.165) is 17.7 Å². The van der Waals surface area contributed by atoms with Gasteiger partial charge in [0.2, 0.25) is 11.9 Å². The number of halogens is 1. The first-order chi connectivity index (χ1) is 11.7. The molecule has 5 nitrogen and oxygen atoms in total. The summed E-state index contributed by atoms with van der Waals surface area (Å²) in [7, 11) is 0. The zero-order chi connectivity index (χ0) is 16.8. The van der Waals surface area contributed by atoms with Gasteiger partial charge in [-0.1, -0.05) is 12.1 Å². The third-order valence-corrected chi connectivity index (χ3v) is 4.95. The number of carbonyl (C=O) groups excluding carboxylic acids is 1. The third-order valence-electron chi connectivity index (χ3n) is 3.79. The average molecular weight is 346 g/mol. The summed E-state index contributed by atoms with van der Waals surface area (Å²) in [4.78, 5) is 20.9. The Morgan fingerprint density at radius 3 is 2.96 bits per heavy atom. The highest BCUT2D eigenvalue weighted by atomic mass is 32.2. The fourth-order valence-corrected chi connectivity index (χ4v) is 3.78. The SMILES string of the molecule is O=C(CCCNc1ncccn1)NC1CCSc2c(F)cccc21. The summed E-state index contributed by atoms with van der Waals surface area (Å²) < 4.78 is 13.8. The van der Waals surface area contributed by atoms with E-state index in [1.807, 2.05) is 6.07 Å². The van der Waals surface area contributed by atoms with Gasteiger partial charge < -0.3 is 10.6 Å². The number of rotatable bonds is 6. The van der Waals surface area contributed by atoms with Crippen LogP contribution in [-0.4, -0.2) is 28.2 Å². The summed E-state index contributed by atoms with van der Waals surface area (Å²) in [5.41, 5.74) is 0.885. The summed E-state index contributed by atoms with van der Waals surface area (Å²) in [6.45, 7) is 0.628. The molecule has 1 aromatic heterocycles. The number of hydrogen-bond donors (Lipinski definition) is 2. The smallest absolute Gasteiger partial charge is 0.222 e. The fraction of sp³-hybridized carbons (Fsp3) is 0.353. The van der Waals surface area contributed by atoms with Crippen molar-refractivity contribution in [2.45, 2.75) is 30.2 Å². The van der Waals surface area contributed by atoms with Gasteiger partial charge in [-0.15, -0.1) is 11.8 Å². The summed E-state index contributed by atoms with van der Waals surface area (Å²) in [5.74, 6) is 1.15. The van der Waals surface area contributed by atoms with Crippen LogP contribution in [0.3, 0.4) is 0 Å². The van der Waals surface area contributed by atoms with Crippen LogP contribution in [-0.2, 0) is 4.79 Å². The number of hydrogen-bond acceptors (Lipinski definition) is 5. The van der Waals surface area contributed by atoms with Crippen LogP contribution in [0.25, 0.3) is 0 Å². The van der Waals surface area contributed by atoms with Gasteiger partial charge >= 0.3 is 0 Å². The number of nitrogens with zero attached hydrogens (tertiary/aromatic N) is 2. The van der Waals surface area contributed by atoms with E-state index >= 15 is 0 Å². The van der Waals surface area contributed by atoms with Crippen LogP contribution in [0.15, 0.2) is 41.6 Å². The second kappa shape index (κ2) is 8.10. The summed E-state index contributed by atoms with van der Waals surface area (Å²) in [6, 6.07) is 6.71. The van der Waals surface area contributed by atoms with Crippen LogP contribution in [0.1, 0.15) is 30.9 Å². The number of aromatic nitrogens is 2. The molecule has 0 aliphatic carbocycles. The number of benzene rings is 1. The number of thioether (sulfide) groups is 1. The van der Waals surface area contributed by atoms with E-state index in [9.17, 15) is 9.18 Å². The first-order valence-electron chi connectivity index (χ1n) is 7.95. The Morgan fingerprint density at radius 2 is 2.12 bits per heavy atom. The molecule has 0 bridgehead atoms. The Balaban J connectivity index is 1.47. The van der Waals surface area contributed by atoms with E-state index in [1.165, 1.54) is 17.8 Å². The van der Waals surface area contributed by atoms with E-state index in [0.29, 0.717) is 30.2 Å². The van der Waals surface area contributed by atoms with Crippen LogP contribution < -0.4 is 10.6 Å². The minimum absolute atomic E-state index is 0.0158. The van der Waals surface area contributed by atoms with Crippen LogP contribution >= 0.6 is 11.8 Å². The second-order valence-electron chi connectivity index (χ2n) is 5.52. The van der Waals surface area contributed by atoms with E-state index < -0.39 is 0 Å². The summed E-state index contributed by atoms with van der Waals surface area (Å²) in [5, 5.41) is 6.09. The molecular weight excluding hydrogens is 327 g/mol. The van der Waals surface area contributed by atoms with Crippen molar-refractivity contribution in [2.24, 2.45) is 0 Å². The molecular formula is C17H19FN4OS. The Hall–Kier alpha value is -2.15. The maximum Gasteiger partial charge on any atom is 0.222 e. The van der Waals surface area contributed by atoms with E-state index in [-0.39, 0.29) is 17.8 Å². The molecule has 0 spiro atoms. The number of carbonyl (C=O) groups is 1. The van der Waals surface area contributed by atoms with Crippen LogP contribution in [0, 0.1) is 5.82 Å². The van der Waals surface area contributed by atoms with Gasteiger partial charge in [0, 0.05) is 36.0 Å². The molecule has 126 valence electrons. The monoisotopic (exact) mass is 346 g/mol. The van der Waals surface area contributed by atoms with Gasteiger partial charge in [0.25, 0.3) is 0 Å². The van der Waals surface area contributed by atoms with Gasteiger partial charge in [-0.05, 0) is 30.5 Å². The molecule has 1 unspecified atom stereocenters. The minimum atomic E-state index is -0.205. The molecule has 1 aliphatic heterocycles. The van der Waals surface area contributed by atoms with Crippen molar-refractivity contribution in [1.82, 2.24) is 15.3 Å². The van der Waals surface area contributed by atoms with Crippen molar-refractivity contribution in [3.8, 4) is 0 Å². The lowest BCUT2D eigenvalue weighted by Crippen LogP contribution is -2.31. The summed E-state index contributed by atoms with van der Waals surface area (Å²) >= 11 is 1.52. The van der Waals surface area contributed by atoms with E-state index in [4.69, 9.17) is 0 Å². The van der Waals surface area contributed by atoms with Gasteiger partial charge in [0.15, 0.2) is 0 Å². The van der Waals surface area contributed by atoms with Gasteiger partial charge in [0.1, 0.15) is 5.82 Å². The van der Waals surface area contributed by atoms with E-state index in [1.54, 1.807) is 24.5 Å². The molecule has 0 fully saturated rings. The summed E-state index contributed by atoms with van der Waals surface area (Å²) in [6.07, 6.45) is 5.25. The zero-order valence-corrected chi connectivity index (χ0v) is 14.0. The quantitative estimate of drug-likeness (QED) is 0.787. The Labute approximate surface area is 144 Å². The van der Waals surface area contributed by atoms with Gasteiger partial charge in [-0.25, -0.2) is 14.4 Å². The molecule has 7 heteroatoms. The topological polar surface area (TPSA) is 66.9 Å². The van der Waals surface area contributed by atoms with Gasteiger partial charge in [-0.3, -0.25) is 4.79 Å². The highest BCUT2D eigenvalue weighted by Crippen LogP contribution is 2.37. The first-order valence-corrected chi connectivity index (χ1v) is 8.94. The van der Waals surface area contributed by atoms with Crippen LogP contribution in [0.5, 0.6) is 0 Å². The van der Waals surface area contributed by atoms with Crippen LogP contribution in [0.4, 0.5) is 10.3 Å². The second-order valence-corrected chi connectivity index (χ2v) is 6.62.